The molecule has 0 unspecified atom stereocenters. The van der Waals surface area contributed by atoms with Crippen LogP contribution in [0.5, 0.6) is 0 Å². The SMILES string of the molecule is COCCCCCNCc1ccc(SC)cc1. The molecule has 0 saturated heterocycles. The molecule has 0 amide bonds. The molecular formula is C14H23NOS. The highest BCUT2D eigenvalue weighted by Crippen LogP contribution is 2.14. The van der Waals surface area contributed by atoms with E-state index in [2.05, 4.69) is 35.8 Å². The van der Waals surface area contributed by atoms with Crippen LogP contribution in [-0.2, 0) is 11.3 Å². The van der Waals surface area contributed by atoms with Crippen LogP contribution >= 0.6 is 11.8 Å². The lowest BCUT2D eigenvalue weighted by Gasteiger charge is -2.05. The van der Waals surface area contributed by atoms with Crippen molar-refractivity contribution in [2.75, 3.05) is 26.5 Å². The second kappa shape index (κ2) is 9.51. The maximum Gasteiger partial charge on any atom is 0.0462 e. The third-order valence-corrected chi connectivity index (χ3v) is 3.43. The van der Waals surface area contributed by atoms with Gasteiger partial charge in [0.1, 0.15) is 0 Å². The van der Waals surface area contributed by atoms with E-state index in [4.69, 9.17) is 4.74 Å². The first-order valence-corrected chi connectivity index (χ1v) is 7.42. The molecule has 0 aliphatic rings. The Labute approximate surface area is 109 Å². The average Bonchev–Trinajstić information content (AvgIpc) is 2.38. The Bertz CT molecular complexity index is 287. The normalized spacial score (nSPS) is 10.7. The lowest BCUT2D eigenvalue weighted by molar-refractivity contribution is 0.192. The molecule has 0 aromatic heterocycles. The molecule has 1 rings (SSSR count). The van der Waals surface area contributed by atoms with Crippen molar-refractivity contribution in [2.45, 2.75) is 30.7 Å². The molecule has 0 atom stereocenters. The summed E-state index contributed by atoms with van der Waals surface area (Å²) in [5.41, 5.74) is 1.36. The van der Waals surface area contributed by atoms with Gasteiger partial charge in [-0.1, -0.05) is 12.1 Å². The maximum atomic E-state index is 5.02. The molecule has 1 aromatic carbocycles. The Morgan fingerprint density at radius 3 is 2.53 bits per heavy atom. The molecule has 0 aliphatic carbocycles. The molecule has 17 heavy (non-hydrogen) atoms. The van der Waals surface area contributed by atoms with E-state index in [0.29, 0.717) is 0 Å². The zero-order valence-electron chi connectivity index (χ0n) is 10.9. The molecule has 0 radical (unpaired) electrons. The highest BCUT2D eigenvalue weighted by atomic mass is 32.2. The lowest BCUT2D eigenvalue weighted by Crippen LogP contribution is -2.14. The molecule has 1 aromatic rings. The minimum absolute atomic E-state index is 0.885. The van der Waals surface area contributed by atoms with E-state index in [1.54, 1.807) is 18.9 Å². The zero-order chi connectivity index (χ0) is 12.3. The summed E-state index contributed by atoms with van der Waals surface area (Å²) in [4.78, 5) is 1.33. The van der Waals surface area contributed by atoms with E-state index in [-0.39, 0.29) is 0 Å². The highest BCUT2D eigenvalue weighted by Gasteiger charge is 1.94. The molecular weight excluding hydrogens is 230 g/mol. The van der Waals surface area contributed by atoms with Gasteiger partial charge in [0.05, 0.1) is 0 Å². The van der Waals surface area contributed by atoms with Crippen molar-refractivity contribution in [3.63, 3.8) is 0 Å². The van der Waals surface area contributed by atoms with Crippen molar-refractivity contribution in [1.29, 1.82) is 0 Å². The van der Waals surface area contributed by atoms with Gasteiger partial charge < -0.3 is 10.1 Å². The third kappa shape index (κ3) is 6.71. The highest BCUT2D eigenvalue weighted by molar-refractivity contribution is 7.98. The fourth-order valence-corrected chi connectivity index (χ4v) is 2.06. The van der Waals surface area contributed by atoms with E-state index in [9.17, 15) is 0 Å². The molecule has 1 N–H and O–H groups in total. The Morgan fingerprint density at radius 1 is 1.12 bits per heavy atom. The van der Waals surface area contributed by atoms with Gasteiger partial charge in [-0.2, -0.15) is 0 Å². The maximum absolute atomic E-state index is 5.02. The minimum atomic E-state index is 0.885. The molecule has 0 aliphatic heterocycles. The molecule has 0 spiro atoms. The van der Waals surface area contributed by atoms with Crippen LogP contribution in [0.3, 0.4) is 0 Å². The number of nitrogens with one attached hydrogen (secondary N) is 1. The van der Waals surface area contributed by atoms with E-state index in [1.807, 2.05) is 0 Å². The van der Waals surface area contributed by atoms with E-state index >= 15 is 0 Å². The Kier molecular flexibility index (Phi) is 8.14. The van der Waals surface area contributed by atoms with Crippen LogP contribution in [0.15, 0.2) is 29.2 Å². The van der Waals surface area contributed by atoms with Crippen LogP contribution in [-0.4, -0.2) is 26.5 Å². The summed E-state index contributed by atoms with van der Waals surface area (Å²) >= 11 is 1.78. The fourth-order valence-electron chi connectivity index (χ4n) is 1.65. The van der Waals surface area contributed by atoms with Gasteiger partial charge in [-0.25, -0.2) is 0 Å². The Balaban J connectivity index is 2.05. The topological polar surface area (TPSA) is 21.3 Å². The molecule has 2 nitrogen and oxygen atoms in total. The number of thioether (sulfide) groups is 1. The number of benzene rings is 1. The number of methoxy groups -OCH3 is 1. The van der Waals surface area contributed by atoms with Crippen molar-refractivity contribution in [3.05, 3.63) is 29.8 Å². The summed E-state index contributed by atoms with van der Waals surface area (Å²) < 4.78 is 5.02. The first-order chi connectivity index (χ1) is 8.36. The summed E-state index contributed by atoms with van der Waals surface area (Å²) in [7, 11) is 1.76. The summed E-state index contributed by atoms with van der Waals surface area (Å²) in [5, 5.41) is 3.47. The standard InChI is InChI=1S/C14H23NOS/c1-16-11-5-3-4-10-15-12-13-6-8-14(17-2)9-7-13/h6-9,15H,3-5,10-12H2,1-2H3. The van der Waals surface area contributed by atoms with Gasteiger partial charge in [0.25, 0.3) is 0 Å². The van der Waals surface area contributed by atoms with E-state index in [0.717, 1.165) is 19.7 Å². The van der Waals surface area contributed by atoms with Crippen LogP contribution in [0.25, 0.3) is 0 Å². The van der Waals surface area contributed by atoms with Crippen LogP contribution in [0, 0.1) is 0 Å². The third-order valence-electron chi connectivity index (χ3n) is 2.69. The largest absolute Gasteiger partial charge is 0.385 e. The second-order valence-electron chi connectivity index (χ2n) is 4.08. The van der Waals surface area contributed by atoms with Gasteiger partial charge in [0.2, 0.25) is 0 Å². The van der Waals surface area contributed by atoms with Crippen molar-refractivity contribution in [1.82, 2.24) is 5.32 Å². The number of hydrogen-bond acceptors (Lipinski definition) is 3. The van der Waals surface area contributed by atoms with Crippen LogP contribution < -0.4 is 5.32 Å². The number of hydrogen-bond donors (Lipinski definition) is 1. The monoisotopic (exact) mass is 253 g/mol. The fraction of sp³-hybridized carbons (Fsp3) is 0.571. The van der Waals surface area contributed by atoms with Crippen molar-refractivity contribution < 1.29 is 4.74 Å². The lowest BCUT2D eigenvalue weighted by atomic mass is 10.2. The Morgan fingerprint density at radius 2 is 1.88 bits per heavy atom. The zero-order valence-corrected chi connectivity index (χ0v) is 11.7. The van der Waals surface area contributed by atoms with Gasteiger partial charge in [-0.3, -0.25) is 0 Å². The molecule has 0 fully saturated rings. The quantitative estimate of drug-likeness (QED) is 0.539. The summed E-state index contributed by atoms with van der Waals surface area (Å²) in [6.45, 7) is 2.95. The summed E-state index contributed by atoms with van der Waals surface area (Å²) in [6.07, 6.45) is 5.74. The predicted molar refractivity (Wildman–Crippen MR) is 75.7 cm³/mol. The van der Waals surface area contributed by atoms with E-state index < -0.39 is 0 Å². The summed E-state index contributed by atoms with van der Waals surface area (Å²) in [6, 6.07) is 8.76. The first-order valence-electron chi connectivity index (χ1n) is 6.19. The second-order valence-corrected chi connectivity index (χ2v) is 4.96. The smallest absolute Gasteiger partial charge is 0.0462 e. The van der Waals surface area contributed by atoms with Gasteiger partial charge in [-0.05, 0) is 49.8 Å². The van der Waals surface area contributed by atoms with E-state index in [1.165, 1.54) is 29.7 Å². The molecule has 0 saturated carbocycles. The minimum Gasteiger partial charge on any atom is -0.385 e. The van der Waals surface area contributed by atoms with Crippen LogP contribution in [0.1, 0.15) is 24.8 Å². The molecule has 0 heterocycles. The van der Waals surface area contributed by atoms with Gasteiger partial charge >= 0.3 is 0 Å². The number of rotatable bonds is 9. The van der Waals surface area contributed by atoms with Crippen molar-refractivity contribution in [3.8, 4) is 0 Å². The average molecular weight is 253 g/mol. The number of unbranched alkanes of at least 4 members (excludes halogenated alkanes) is 2. The van der Waals surface area contributed by atoms with Crippen LogP contribution in [0.2, 0.25) is 0 Å². The summed E-state index contributed by atoms with van der Waals surface area (Å²) in [5.74, 6) is 0. The molecule has 3 heteroatoms. The van der Waals surface area contributed by atoms with Crippen LogP contribution in [0.4, 0.5) is 0 Å². The van der Waals surface area contributed by atoms with Gasteiger partial charge in [0.15, 0.2) is 0 Å². The number of ether oxygens (including phenoxy) is 1. The predicted octanol–water partition coefficient (Wildman–Crippen LogP) is 3.31. The Hall–Kier alpha value is -0.510. The first kappa shape index (κ1) is 14.6. The molecule has 96 valence electrons. The molecule has 0 bridgehead atoms. The van der Waals surface area contributed by atoms with Crippen molar-refractivity contribution in [2.24, 2.45) is 0 Å². The van der Waals surface area contributed by atoms with Gasteiger partial charge in [-0.15, -0.1) is 11.8 Å². The van der Waals surface area contributed by atoms with Gasteiger partial charge in [0, 0.05) is 25.2 Å². The van der Waals surface area contributed by atoms with Crippen molar-refractivity contribution >= 4 is 11.8 Å².